The van der Waals surface area contributed by atoms with Crippen molar-refractivity contribution in [2.24, 2.45) is 0 Å². The molecule has 1 aliphatic rings. The minimum atomic E-state index is -0.975. The lowest BCUT2D eigenvalue weighted by Crippen LogP contribution is -2.18. The van der Waals surface area contributed by atoms with Crippen LogP contribution in [0.3, 0.4) is 0 Å². The van der Waals surface area contributed by atoms with E-state index < -0.39 is 5.97 Å². The zero-order chi connectivity index (χ0) is 27.9. The molecule has 1 saturated heterocycles. The molecule has 0 radical (unpaired) electrons. The summed E-state index contributed by atoms with van der Waals surface area (Å²) in [5.74, 6) is -0.264. The Labute approximate surface area is 234 Å². The van der Waals surface area contributed by atoms with Crippen molar-refractivity contribution in [3.05, 3.63) is 101 Å². The maximum Gasteiger partial charge on any atom is 0.328 e. The minimum absolute atomic E-state index is 0.0312. The fourth-order valence-corrected chi connectivity index (χ4v) is 5.24. The van der Waals surface area contributed by atoms with E-state index in [1.54, 1.807) is 6.08 Å². The van der Waals surface area contributed by atoms with Crippen LogP contribution in [0.1, 0.15) is 61.1 Å². The Morgan fingerprint density at radius 3 is 2.48 bits per heavy atom. The summed E-state index contributed by atoms with van der Waals surface area (Å²) in [5.41, 5.74) is 7.32. The molecule has 1 aromatic heterocycles. The number of carboxylic acid groups (broad SMARTS) is 1. The van der Waals surface area contributed by atoms with Crippen molar-refractivity contribution in [1.29, 1.82) is 0 Å². The molecule has 0 saturated carbocycles. The van der Waals surface area contributed by atoms with Gasteiger partial charge in [-0.15, -0.1) is 0 Å². The monoisotopic (exact) mass is 538 g/mol. The van der Waals surface area contributed by atoms with Gasteiger partial charge in [0.2, 0.25) is 0 Å². The lowest BCUT2D eigenvalue weighted by atomic mass is 9.87. The number of nitrogens with zero attached hydrogens (tertiary/aromatic N) is 2. The molecule has 7 heteroatoms. The molecular weight excluding hydrogens is 504 g/mol. The fraction of sp³-hybridized carbons (Fsp3) is 0.273. The first-order valence-electron chi connectivity index (χ1n) is 13.8. The summed E-state index contributed by atoms with van der Waals surface area (Å²) in [6.45, 7) is 3.13. The van der Waals surface area contributed by atoms with E-state index in [-0.39, 0.29) is 19.4 Å². The second-order valence-corrected chi connectivity index (χ2v) is 9.78. The SMILES string of the molecule is CCC(=C(c1ccc(C=CC(=O)O)cc1)c1ccc2c(cnn2C2CCCCO2)c1)c1ccc(OCCO)cc1. The van der Waals surface area contributed by atoms with E-state index in [1.807, 2.05) is 59.4 Å². The van der Waals surface area contributed by atoms with Gasteiger partial charge >= 0.3 is 5.97 Å². The summed E-state index contributed by atoms with van der Waals surface area (Å²) >= 11 is 0. The molecule has 0 bridgehead atoms. The molecule has 40 heavy (non-hydrogen) atoms. The lowest BCUT2D eigenvalue weighted by Gasteiger charge is -2.23. The average Bonchev–Trinajstić information content (AvgIpc) is 3.42. The predicted octanol–water partition coefficient (Wildman–Crippen LogP) is 6.57. The van der Waals surface area contributed by atoms with Crippen LogP contribution < -0.4 is 4.74 Å². The molecule has 0 aliphatic carbocycles. The molecule has 5 rings (SSSR count). The van der Waals surface area contributed by atoms with E-state index in [0.29, 0.717) is 5.75 Å². The molecule has 3 aromatic carbocycles. The number of rotatable bonds is 10. The van der Waals surface area contributed by atoms with Gasteiger partial charge in [-0.2, -0.15) is 5.10 Å². The van der Waals surface area contributed by atoms with E-state index in [9.17, 15) is 4.79 Å². The van der Waals surface area contributed by atoms with Crippen molar-refractivity contribution in [2.75, 3.05) is 19.8 Å². The van der Waals surface area contributed by atoms with Gasteiger partial charge in [-0.3, -0.25) is 0 Å². The van der Waals surface area contributed by atoms with E-state index >= 15 is 0 Å². The summed E-state index contributed by atoms with van der Waals surface area (Å²) in [5, 5.41) is 23.8. The Morgan fingerprint density at radius 2 is 1.80 bits per heavy atom. The molecule has 4 aromatic rings. The number of carbonyl (C=O) groups is 1. The van der Waals surface area contributed by atoms with Crippen molar-refractivity contribution >= 4 is 34.1 Å². The Kier molecular flexibility index (Phi) is 8.74. The second-order valence-electron chi connectivity index (χ2n) is 9.78. The Balaban J connectivity index is 1.60. The lowest BCUT2D eigenvalue weighted by molar-refractivity contribution is -0.131. The minimum Gasteiger partial charge on any atom is -0.491 e. The van der Waals surface area contributed by atoms with Crippen molar-refractivity contribution < 1.29 is 24.5 Å². The second kappa shape index (κ2) is 12.8. The maximum absolute atomic E-state index is 11.0. The number of aromatic nitrogens is 2. The van der Waals surface area contributed by atoms with Crippen LogP contribution in [-0.2, 0) is 9.53 Å². The Hall–Kier alpha value is -4.20. The van der Waals surface area contributed by atoms with Crippen LogP contribution in [0.25, 0.3) is 28.1 Å². The standard InChI is InChI=1S/C33H34N2O5/c1-2-29(24-11-14-28(15-12-24)39-20-18-36)33(25-9-6-23(7-10-25)8-17-32(37)38)26-13-16-30-27(21-26)22-34-35(30)31-5-3-4-19-40-31/h6-17,21-22,31,36H,2-5,18-20H2,1H3,(H,37,38). The van der Waals surface area contributed by atoms with Crippen LogP contribution in [0, 0.1) is 0 Å². The highest BCUT2D eigenvalue weighted by Crippen LogP contribution is 2.37. The highest BCUT2D eigenvalue weighted by Gasteiger charge is 2.20. The van der Waals surface area contributed by atoms with Gasteiger partial charge in [-0.25, -0.2) is 9.48 Å². The van der Waals surface area contributed by atoms with Gasteiger partial charge < -0.3 is 19.7 Å². The number of ether oxygens (including phenoxy) is 2. The summed E-state index contributed by atoms with van der Waals surface area (Å²) in [6.07, 6.45) is 8.60. The van der Waals surface area contributed by atoms with E-state index in [4.69, 9.17) is 19.7 Å². The number of allylic oxidation sites excluding steroid dienone is 1. The van der Waals surface area contributed by atoms with Crippen LogP contribution in [0.2, 0.25) is 0 Å². The number of aliphatic hydroxyl groups excluding tert-OH is 1. The first-order chi connectivity index (χ1) is 19.6. The normalized spacial score (nSPS) is 16.3. The largest absolute Gasteiger partial charge is 0.491 e. The zero-order valence-corrected chi connectivity index (χ0v) is 22.6. The third-order valence-electron chi connectivity index (χ3n) is 7.15. The molecule has 2 N–H and O–H groups in total. The summed E-state index contributed by atoms with van der Waals surface area (Å²) < 4.78 is 13.6. The number of hydrogen-bond acceptors (Lipinski definition) is 5. The zero-order valence-electron chi connectivity index (χ0n) is 22.6. The quantitative estimate of drug-likeness (QED) is 0.175. The maximum atomic E-state index is 11.0. The molecule has 206 valence electrons. The number of benzene rings is 3. The predicted molar refractivity (Wildman–Crippen MR) is 157 cm³/mol. The highest BCUT2D eigenvalue weighted by molar-refractivity contribution is 6.00. The Bertz CT molecular complexity index is 1510. The Morgan fingerprint density at radius 1 is 1.05 bits per heavy atom. The van der Waals surface area contributed by atoms with Gasteiger partial charge in [0.15, 0.2) is 6.23 Å². The third kappa shape index (κ3) is 6.17. The van der Waals surface area contributed by atoms with Crippen molar-refractivity contribution in [2.45, 2.75) is 38.8 Å². The fourth-order valence-electron chi connectivity index (χ4n) is 5.24. The molecule has 7 nitrogen and oxygen atoms in total. The van der Waals surface area contributed by atoms with Crippen LogP contribution in [0.4, 0.5) is 0 Å². The topological polar surface area (TPSA) is 93.8 Å². The number of fused-ring (bicyclic) bond motifs is 1. The first kappa shape index (κ1) is 27.4. The molecule has 0 amide bonds. The van der Waals surface area contributed by atoms with Crippen LogP contribution in [0.15, 0.2) is 79.0 Å². The summed E-state index contributed by atoms with van der Waals surface area (Å²) in [4.78, 5) is 11.0. The number of aliphatic carboxylic acids is 1. The molecule has 1 unspecified atom stereocenters. The van der Waals surface area contributed by atoms with E-state index in [0.717, 1.165) is 77.1 Å². The van der Waals surface area contributed by atoms with Crippen molar-refractivity contribution in [1.82, 2.24) is 9.78 Å². The number of aliphatic hydroxyl groups is 1. The van der Waals surface area contributed by atoms with Gasteiger partial charge in [0, 0.05) is 18.1 Å². The molecule has 2 heterocycles. The number of hydrogen-bond donors (Lipinski definition) is 2. The smallest absolute Gasteiger partial charge is 0.328 e. The summed E-state index contributed by atoms with van der Waals surface area (Å²) in [6, 6.07) is 22.3. The molecular formula is C33H34N2O5. The van der Waals surface area contributed by atoms with E-state index in [2.05, 4.69) is 30.2 Å². The highest BCUT2D eigenvalue weighted by atomic mass is 16.5. The average molecular weight is 539 g/mol. The van der Waals surface area contributed by atoms with Gasteiger partial charge in [0.1, 0.15) is 12.4 Å². The van der Waals surface area contributed by atoms with Crippen molar-refractivity contribution in [3.8, 4) is 5.75 Å². The van der Waals surface area contributed by atoms with Gasteiger partial charge in [-0.05, 0) is 89.4 Å². The first-order valence-corrected chi connectivity index (χ1v) is 13.8. The molecule has 0 spiro atoms. The van der Waals surface area contributed by atoms with E-state index in [1.165, 1.54) is 5.57 Å². The summed E-state index contributed by atoms with van der Waals surface area (Å²) in [7, 11) is 0. The van der Waals surface area contributed by atoms with Gasteiger partial charge in [0.25, 0.3) is 0 Å². The van der Waals surface area contributed by atoms with Crippen LogP contribution in [0.5, 0.6) is 5.75 Å². The molecule has 1 atom stereocenters. The van der Waals surface area contributed by atoms with Crippen LogP contribution >= 0.6 is 0 Å². The number of carboxylic acids is 1. The van der Waals surface area contributed by atoms with Crippen LogP contribution in [-0.4, -0.2) is 45.8 Å². The van der Waals surface area contributed by atoms with Crippen molar-refractivity contribution in [3.63, 3.8) is 0 Å². The molecule has 1 aliphatic heterocycles. The molecule has 1 fully saturated rings. The van der Waals surface area contributed by atoms with Gasteiger partial charge in [-0.1, -0.05) is 49.4 Å². The third-order valence-corrected chi connectivity index (χ3v) is 7.15. The van der Waals surface area contributed by atoms with Gasteiger partial charge in [0.05, 0.1) is 18.3 Å².